The molecule has 1 N–H and O–H groups in total. The molecule has 1 aliphatic heterocycles. The molecule has 1 fully saturated rings. The molecule has 1 heterocycles. The lowest BCUT2D eigenvalue weighted by Gasteiger charge is -2.39. The lowest BCUT2D eigenvalue weighted by atomic mass is 10.2. The second kappa shape index (κ2) is 4.01. The maximum absolute atomic E-state index is 10.8. The summed E-state index contributed by atoms with van der Waals surface area (Å²) in [6, 6.07) is 0. The van der Waals surface area contributed by atoms with Gasteiger partial charge in [0.15, 0.2) is 0 Å². The summed E-state index contributed by atoms with van der Waals surface area (Å²) in [7, 11) is -2.88. The molecule has 0 aromatic rings. The number of hydrogen-bond donors (Lipinski definition) is 1. The van der Waals surface area contributed by atoms with Gasteiger partial charge in [-0.1, -0.05) is 0 Å². The van der Waals surface area contributed by atoms with Gasteiger partial charge in [0.05, 0.1) is 18.4 Å². The molecule has 2 atom stereocenters. The molecule has 4 nitrogen and oxygen atoms in total. The molecule has 0 aromatic heterocycles. The van der Waals surface area contributed by atoms with Crippen molar-refractivity contribution in [2.45, 2.75) is 39.4 Å². The van der Waals surface area contributed by atoms with E-state index < -0.39 is 7.94 Å². The molecule has 1 rings (SSSR count). The normalized spacial score (nSPS) is 40.3. The SMILES string of the molecule is CC(=O)C[P]1(O)O[C@@H](C)C[C@H](C)O1. The van der Waals surface area contributed by atoms with Crippen LogP contribution < -0.4 is 0 Å². The fourth-order valence-electron chi connectivity index (χ4n) is 1.50. The zero-order valence-electron chi connectivity index (χ0n) is 8.19. The third-order valence-corrected chi connectivity index (χ3v) is 4.00. The maximum Gasteiger partial charge on any atom is 0.238 e. The summed E-state index contributed by atoms with van der Waals surface area (Å²) in [4.78, 5) is 20.7. The molecule has 0 aliphatic carbocycles. The molecule has 77 valence electrons. The summed E-state index contributed by atoms with van der Waals surface area (Å²) in [6.45, 7) is 5.18. The molecule has 1 aliphatic rings. The van der Waals surface area contributed by atoms with E-state index >= 15 is 0 Å². The topological polar surface area (TPSA) is 55.8 Å². The Kier molecular flexibility index (Phi) is 3.41. The molecule has 0 amide bonds. The van der Waals surface area contributed by atoms with E-state index in [0.29, 0.717) is 0 Å². The highest BCUT2D eigenvalue weighted by molar-refractivity contribution is 7.61. The van der Waals surface area contributed by atoms with E-state index in [4.69, 9.17) is 9.05 Å². The van der Waals surface area contributed by atoms with Crippen LogP contribution >= 0.6 is 7.94 Å². The van der Waals surface area contributed by atoms with Crippen molar-refractivity contribution in [1.29, 1.82) is 0 Å². The van der Waals surface area contributed by atoms with Gasteiger partial charge in [0, 0.05) is 6.42 Å². The summed E-state index contributed by atoms with van der Waals surface area (Å²) in [5, 5.41) is 0. The fourth-order valence-corrected chi connectivity index (χ4v) is 3.55. The molecule has 0 aromatic carbocycles. The molecule has 0 bridgehead atoms. The van der Waals surface area contributed by atoms with Gasteiger partial charge in [-0.05, 0) is 20.8 Å². The molecular formula is C8H16O4P. The first-order valence-corrected chi connectivity index (χ1v) is 6.14. The van der Waals surface area contributed by atoms with Gasteiger partial charge >= 0.3 is 0 Å². The van der Waals surface area contributed by atoms with E-state index in [1.54, 1.807) is 0 Å². The monoisotopic (exact) mass is 207 g/mol. The number of carbonyl (C=O) groups is 1. The van der Waals surface area contributed by atoms with E-state index in [1.807, 2.05) is 13.8 Å². The van der Waals surface area contributed by atoms with Crippen molar-refractivity contribution in [3.05, 3.63) is 0 Å². The van der Waals surface area contributed by atoms with Crippen LogP contribution in [0.3, 0.4) is 0 Å². The average Bonchev–Trinajstić information content (AvgIpc) is 1.77. The van der Waals surface area contributed by atoms with Crippen LogP contribution in [0.25, 0.3) is 0 Å². The highest BCUT2D eigenvalue weighted by Crippen LogP contribution is 2.61. The smallest absolute Gasteiger partial charge is 0.238 e. The maximum atomic E-state index is 10.8. The predicted octanol–water partition coefficient (Wildman–Crippen LogP) is 1.54. The van der Waals surface area contributed by atoms with Crippen molar-refractivity contribution < 1.29 is 18.7 Å². The summed E-state index contributed by atoms with van der Waals surface area (Å²) in [5.74, 6) is -0.0999. The Labute approximate surface area is 78.8 Å². The summed E-state index contributed by atoms with van der Waals surface area (Å²) < 4.78 is 10.6. The van der Waals surface area contributed by atoms with Crippen LogP contribution in [-0.2, 0) is 13.8 Å². The van der Waals surface area contributed by atoms with E-state index in [1.165, 1.54) is 6.92 Å². The second-order valence-corrected chi connectivity index (χ2v) is 5.58. The quantitative estimate of drug-likeness (QED) is 0.698. The first-order chi connectivity index (χ1) is 5.91. The molecular weight excluding hydrogens is 191 g/mol. The van der Waals surface area contributed by atoms with Crippen LogP contribution in [-0.4, -0.2) is 29.0 Å². The van der Waals surface area contributed by atoms with Crippen molar-refractivity contribution in [3.63, 3.8) is 0 Å². The number of hydrogen-bond acceptors (Lipinski definition) is 4. The summed E-state index contributed by atoms with van der Waals surface area (Å²) in [5.41, 5.74) is 0. The minimum atomic E-state index is -2.88. The molecule has 1 radical (unpaired) electrons. The largest absolute Gasteiger partial charge is 0.335 e. The molecule has 13 heavy (non-hydrogen) atoms. The minimum Gasteiger partial charge on any atom is -0.335 e. The van der Waals surface area contributed by atoms with Crippen LogP contribution in [0.1, 0.15) is 27.2 Å². The Morgan fingerprint density at radius 2 is 1.92 bits per heavy atom. The number of rotatable bonds is 2. The number of carbonyl (C=O) groups excluding carboxylic acids is 1. The van der Waals surface area contributed by atoms with Crippen molar-refractivity contribution in [2.75, 3.05) is 6.16 Å². The number of ketones is 1. The predicted molar refractivity (Wildman–Crippen MR) is 50.4 cm³/mol. The van der Waals surface area contributed by atoms with Gasteiger partial charge in [0.2, 0.25) is 7.94 Å². The second-order valence-electron chi connectivity index (χ2n) is 3.57. The zero-order chi connectivity index (χ0) is 10.1. The van der Waals surface area contributed by atoms with Gasteiger partial charge in [-0.15, -0.1) is 0 Å². The van der Waals surface area contributed by atoms with Crippen LogP contribution in [0.4, 0.5) is 0 Å². The van der Waals surface area contributed by atoms with Gasteiger partial charge in [0.1, 0.15) is 5.78 Å². The number of Topliss-reactive ketones (excluding diaryl/α,β-unsaturated/α-hetero) is 1. The van der Waals surface area contributed by atoms with Crippen LogP contribution in [0.15, 0.2) is 0 Å². The standard InChI is InChI=1S/C8H16O4P/c1-6(9)5-13(10)11-7(2)4-8(3)12-13/h7-8,10H,4-5H2,1-3H3/t7-,8-/m0/s1. The zero-order valence-corrected chi connectivity index (χ0v) is 9.08. The van der Waals surface area contributed by atoms with Gasteiger partial charge in [0.25, 0.3) is 0 Å². The molecule has 0 spiro atoms. The highest BCUT2D eigenvalue weighted by atomic mass is 31.2. The molecule has 5 heteroatoms. The molecule has 0 saturated carbocycles. The van der Waals surface area contributed by atoms with E-state index in [2.05, 4.69) is 0 Å². The molecule has 0 unspecified atom stereocenters. The Bertz CT molecular complexity index is 196. The van der Waals surface area contributed by atoms with Crippen LogP contribution in [0.2, 0.25) is 0 Å². The lowest BCUT2D eigenvalue weighted by molar-refractivity contribution is -0.115. The lowest BCUT2D eigenvalue weighted by Crippen LogP contribution is -2.29. The van der Waals surface area contributed by atoms with Gasteiger partial charge in [-0.25, -0.2) is 0 Å². The summed E-state index contributed by atoms with van der Waals surface area (Å²) >= 11 is 0. The van der Waals surface area contributed by atoms with Crippen LogP contribution in [0, 0.1) is 0 Å². The Hall–Kier alpha value is -0.0200. The highest BCUT2D eigenvalue weighted by Gasteiger charge is 2.38. The van der Waals surface area contributed by atoms with Crippen molar-refractivity contribution in [2.24, 2.45) is 0 Å². The third kappa shape index (κ3) is 3.31. The van der Waals surface area contributed by atoms with E-state index in [9.17, 15) is 9.69 Å². The van der Waals surface area contributed by atoms with E-state index in [-0.39, 0.29) is 24.2 Å². The first-order valence-electron chi connectivity index (χ1n) is 4.38. The molecule has 1 saturated heterocycles. The van der Waals surface area contributed by atoms with Crippen molar-refractivity contribution >= 4 is 13.7 Å². The van der Waals surface area contributed by atoms with E-state index in [0.717, 1.165) is 6.42 Å². The van der Waals surface area contributed by atoms with Gasteiger partial charge < -0.3 is 13.9 Å². The van der Waals surface area contributed by atoms with Crippen molar-refractivity contribution in [3.8, 4) is 0 Å². The minimum absolute atomic E-state index is 0.00167. The first kappa shape index (κ1) is 11.1. The Balaban J connectivity index is 2.60. The van der Waals surface area contributed by atoms with Crippen molar-refractivity contribution in [1.82, 2.24) is 0 Å². The average molecular weight is 207 g/mol. The fraction of sp³-hybridized carbons (Fsp3) is 0.875. The van der Waals surface area contributed by atoms with Gasteiger partial charge in [-0.2, -0.15) is 0 Å². The van der Waals surface area contributed by atoms with Gasteiger partial charge in [-0.3, -0.25) is 4.79 Å². The Morgan fingerprint density at radius 1 is 1.46 bits per heavy atom. The third-order valence-electron chi connectivity index (χ3n) is 1.78. The van der Waals surface area contributed by atoms with Crippen LogP contribution in [0.5, 0.6) is 0 Å². The summed E-state index contributed by atoms with van der Waals surface area (Å²) in [6.07, 6.45) is 0.713. The Morgan fingerprint density at radius 3 is 2.31 bits per heavy atom.